The Morgan fingerprint density at radius 1 is 1.53 bits per heavy atom. The van der Waals surface area contributed by atoms with Gasteiger partial charge >= 0.3 is 0 Å². The highest BCUT2D eigenvalue weighted by Gasteiger charge is 2.30. The lowest BCUT2D eigenvalue weighted by Crippen LogP contribution is -2.44. The Bertz CT molecular complexity index is 579. The highest BCUT2D eigenvalue weighted by molar-refractivity contribution is 5.79. The van der Waals surface area contributed by atoms with Gasteiger partial charge in [0, 0.05) is 12.6 Å². The van der Waals surface area contributed by atoms with Gasteiger partial charge in [0.1, 0.15) is 5.69 Å². The van der Waals surface area contributed by atoms with Gasteiger partial charge in [-0.15, -0.1) is 0 Å². The lowest BCUT2D eigenvalue weighted by molar-refractivity contribution is -0.384. The minimum atomic E-state index is -1.24. The summed E-state index contributed by atoms with van der Waals surface area (Å²) < 4.78 is 0. The lowest BCUT2D eigenvalue weighted by Gasteiger charge is -2.27. The lowest BCUT2D eigenvalue weighted by atomic mass is 10.1. The number of carbonyl (C=O) groups excluding carboxylic acids is 1. The van der Waals surface area contributed by atoms with E-state index in [9.17, 15) is 20.0 Å². The number of hydrogen-bond donors (Lipinski definition) is 0. The van der Waals surface area contributed by atoms with Crippen LogP contribution in [-0.4, -0.2) is 23.5 Å². The number of rotatable bonds is 3. The van der Waals surface area contributed by atoms with Crippen molar-refractivity contribution in [3.63, 3.8) is 0 Å². The number of carboxylic acids is 1. The van der Waals surface area contributed by atoms with E-state index in [-0.39, 0.29) is 16.9 Å². The Morgan fingerprint density at radius 3 is 2.84 bits per heavy atom. The summed E-state index contributed by atoms with van der Waals surface area (Å²) in [6.07, 6.45) is 1.04. The maximum atomic E-state index is 11.0. The van der Waals surface area contributed by atoms with Crippen molar-refractivity contribution in [2.45, 2.75) is 18.9 Å². The van der Waals surface area contributed by atoms with Gasteiger partial charge in [0.05, 0.1) is 28.6 Å². The Balaban J connectivity index is 2.47. The summed E-state index contributed by atoms with van der Waals surface area (Å²) in [7, 11) is 0. The zero-order valence-corrected chi connectivity index (χ0v) is 9.91. The summed E-state index contributed by atoms with van der Waals surface area (Å²) in [5.74, 6) is -1.24. The number of carboxylic acid groups (broad SMARTS) is 1. The molecule has 1 aromatic rings. The molecule has 0 aromatic heterocycles. The molecule has 1 aromatic carbocycles. The van der Waals surface area contributed by atoms with Gasteiger partial charge in [0.25, 0.3) is 5.69 Å². The van der Waals surface area contributed by atoms with Gasteiger partial charge in [-0.2, -0.15) is 5.26 Å². The van der Waals surface area contributed by atoms with Crippen molar-refractivity contribution >= 4 is 17.3 Å². The van der Waals surface area contributed by atoms with E-state index in [1.807, 2.05) is 6.07 Å². The van der Waals surface area contributed by atoms with Crippen molar-refractivity contribution in [1.29, 1.82) is 5.26 Å². The van der Waals surface area contributed by atoms with Gasteiger partial charge in [0.2, 0.25) is 0 Å². The number of nitro benzene ring substituents is 1. The first-order chi connectivity index (χ1) is 9.04. The molecule has 0 aliphatic carbocycles. The van der Waals surface area contributed by atoms with E-state index in [1.54, 1.807) is 0 Å². The Morgan fingerprint density at radius 2 is 2.26 bits per heavy atom. The number of aliphatic carboxylic acids is 1. The fourth-order valence-corrected chi connectivity index (χ4v) is 2.28. The minimum absolute atomic E-state index is 0.166. The zero-order valence-electron chi connectivity index (χ0n) is 9.91. The zero-order chi connectivity index (χ0) is 14.0. The van der Waals surface area contributed by atoms with Crippen LogP contribution in [0.25, 0.3) is 0 Å². The summed E-state index contributed by atoms with van der Waals surface area (Å²) >= 11 is 0. The van der Waals surface area contributed by atoms with Crippen LogP contribution in [0.5, 0.6) is 0 Å². The first-order valence-electron chi connectivity index (χ1n) is 5.70. The summed E-state index contributed by atoms with van der Waals surface area (Å²) in [4.78, 5) is 22.9. The predicted octanol–water partition coefficient (Wildman–Crippen LogP) is 0.185. The molecule has 0 bridgehead atoms. The molecule has 1 heterocycles. The van der Waals surface area contributed by atoms with Crippen LogP contribution in [0.15, 0.2) is 18.2 Å². The van der Waals surface area contributed by atoms with Crippen molar-refractivity contribution in [1.82, 2.24) is 0 Å². The number of benzene rings is 1. The number of nitriles is 1. The molecule has 7 nitrogen and oxygen atoms in total. The summed E-state index contributed by atoms with van der Waals surface area (Å²) in [6.45, 7) is 0.422. The van der Waals surface area contributed by atoms with Crippen molar-refractivity contribution < 1.29 is 14.8 Å². The number of nitro groups is 1. The molecule has 1 aliphatic rings. The van der Waals surface area contributed by atoms with E-state index < -0.39 is 16.9 Å². The molecule has 7 heteroatoms. The van der Waals surface area contributed by atoms with Gasteiger partial charge in [-0.25, -0.2) is 0 Å². The molecular weight excluding hydrogens is 250 g/mol. The molecule has 1 saturated heterocycles. The number of anilines is 1. The molecule has 1 atom stereocenters. The molecule has 98 valence electrons. The second kappa shape index (κ2) is 4.94. The molecular formula is C12H10N3O4-. The third-order valence-electron chi connectivity index (χ3n) is 3.14. The van der Waals surface area contributed by atoms with Crippen LogP contribution in [0.4, 0.5) is 11.4 Å². The van der Waals surface area contributed by atoms with Gasteiger partial charge in [-0.05, 0) is 25.0 Å². The van der Waals surface area contributed by atoms with Crippen molar-refractivity contribution in [3.05, 3.63) is 33.9 Å². The Kier molecular flexibility index (Phi) is 3.33. The smallest absolute Gasteiger partial charge is 0.293 e. The Hall–Kier alpha value is -2.62. The van der Waals surface area contributed by atoms with Crippen LogP contribution in [0.3, 0.4) is 0 Å². The van der Waals surface area contributed by atoms with Crippen LogP contribution in [-0.2, 0) is 4.79 Å². The van der Waals surface area contributed by atoms with E-state index in [2.05, 4.69) is 0 Å². The van der Waals surface area contributed by atoms with Crippen LogP contribution >= 0.6 is 0 Å². The molecule has 0 spiro atoms. The molecule has 0 unspecified atom stereocenters. The summed E-state index contributed by atoms with van der Waals surface area (Å²) in [5.41, 5.74) is 0.127. The molecule has 0 radical (unpaired) electrons. The van der Waals surface area contributed by atoms with Gasteiger partial charge < -0.3 is 14.8 Å². The quantitative estimate of drug-likeness (QED) is 0.566. The average Bonchev–Trinajstić information content (AvgIpc) is 2.87. The van der Waals surface area contributed by atoms with E-state index >= 15 is 0 Å². The molecule has 0 N–H and O–H groups in total. The normalized spacial score (nSPS) is 18.1. The monoisotopic (exact) mass is 260 g/mol. The fourth-order valence-electron chi connectivity index (χ4n) is 2.28. The van der Waals surface area contributed by atoms with Crippen molar-refractivity contribution in [2.75, 3.05) is 11.4 Å². The Labute approximate surface area is 108 Å². The van der Waals surface area contributed by atoms with E-state index in [0.717, 1.165) is 6.07 Å². The number of nitrogens with zero attached hydrogens (tertiary/aromatic N) is 3. The second-order valence-electron chi connectivity index (χ2n) is 4.24. The topological polar surface area (TPSA) is 110 Å². The third kappa shape index (κ3) is 2.33. The van der Waals surface area contributed by atoms with Gasteiger partial charge in [-0.1, -0.05) is 0 Å². The molecule has 19 heavy (non-hydrogen) atoms. The van der Waals surface area contributed by atoms with Crippen molar-refractivity contribution in [3.8, 4) is 6.07 Å². The SMILES string of the molecule is N#Cc1ccc(N2CCC[C@H]2C(=O)[O-])c([N+](=O)[O-])c1. The van der Waals surface area contributed by atoms with E-state index in [0.29, 0.717) is 19.4 Å². The fraction of sp³-hybridized carbons (Fsp3) is 0.333. The predicted molar refractivity (Wildman–Crippen MR) is 63.2 cm³/mol. The first-order valence-corrected chi connectivity index (χ1v) is 5.70. The molecule has 2 rings (SSSR count). The van der Waals surface area contributed by atoms with Gasteiger partial charge in [0.15, 0.2) is 0 Å². The van der Waals surface area contributed by atoms with Gasteiger partial charge in [-0.3, -0.25) is 10.1 Å². The maximum absolute atomic E-state index is 11.0. The largest absolute Gasteiger partial charge is 0.548 e. The van der Waals surface area contributed by atoms with Crippen LogP contribution in [0.1, 0.15) is 18.4 Å². The first kappa shape index (κ1) is 12.8. The molecule has 0 amide bonds. The van der Waals surface area contributed by atoms with Crippen LogP contribution in [0, 0.1) is 21.4 Å². The molecule has 1 aliphatic heterocycles. The molecule has 1 fully saturated rings. The highest BCUT2D eigenvalue weighted by atomic mass is 16.6. The maximum Gasteiger partial charge on any atom is 0.293 e. The number of carbonyl (C=O) groups is 1. The van der Waals surface area contributed by atoms with E-state index in [1.165, 1.54) is 17.0 Å². The standard InChI is InChI=1S/C12H11N3O4/c13-7-8-3-4-9(11(6-8)15(18)19)14-5-1-2-10(14)12(16)17/h3-4,6,10H,1-2,5H2,(H,16,17)/p-1/t10-/m0/s1. The van der Waals surface area contributed by atoms with E-state index in [4.69, 9.17) is 5.26 Å². The third-order valence-corrected chi connectivity index (χ3v) is 3.14. The second-order valence-corrected chi connectivity index (χ2v) is 4.24. The summed E-state index contributed by atoms with van der Waals surface area (Å²) in [6, 6.07) is 4.97. The minimum Gasteiger partial charge on any atom is -0.548 e. The molecule has 0 saturated carbocycles. The van der Waals surface area contributed by atoms with Crippen molar-refractivity contribution in [2.24, 2.45) is 0 Å². The average molecular weight is 260 g/mol. The van der Waals surface area contributed by atoms with Crippen LogP contribution in [0.2, 0.25) is 0 Å². The van der Waals surface area contributed by atoms with Crippen LogP contribution < -0.4 is 10.0 Å². The number of hydrogen-bond acceptors (Lipinski definition) is 6. The summed E-state index contributed by atoms with van der Waals surface area (Å²) in [5, 5.41) is 30.8. The highest BCUT2D eigenvalue weighted by Crippen LogP contribution is 2.34.